The number of guanidine groups is 1. The summed E-state index contributed by atoms with van der Waals surface area (Å²) in [6.45, 7) is 0.555. The first-order chi connectivity index (χ1) is 19.8. The van der Waals surface area contributed by atoms with E-state index >= 15 is 0 Å². The number of phenols is 1. The first-order valence-electron chi connectivity index (χ1n) is 13.5. The van der Waals surface area contributed by atoms with Gasteiger partial charge in [0.2, 0.25) is 23.6 Å². The van der Waals surface area contributed by atoms with Crippen LogP contribution in [0.5, 0.6) is 5.75 Å². The maximum absolute atomic E-state index is 13.2. The zero-order valence-corrected chi connectivity index (χ0v) is 23.5. The summed E-state index contributed by atoms with van der Waals surface area (Å²) in [6, 6.07) is 0.981. The van der Waals surface area contributed by atoms with E-state index in [1.807, 2.05) is 0 Å². The van der Waals surface area contributed by atoms with Crippen LogP contribution < -0.4 is 44.6 Å². The summed E-state index contributed by atoms with van der Waals surface area (Å²) in [5.74, 6) is -4.45. The Morgan fingerprint density at radius 3 is 1.90 bits per heavy atom. The van der Waals surface area contributed by atoms with Crippen LogP contribution in [0.15, 0.2) is 29.3 Å². The van der Waals surface area contributed by atoms with Crippen LogP contribution in [0.4, 0.5) is 0 Å². The molecule has 1 rings (SSSR count). The first-order valence-corrected chi connectivity index (χ1v) is 13.5. The number of rotatable bonds is 20. The number of carbonyl (C=O) groups excluding carboxylic acids is 4. The van der Waals surface area contributed by atoms with Gasteiger partial charge < -0.3 is 54.8 Å². The number of hydrogen-bond donors (Lipinski definition) is 10. The van der Waals surface area contributed by atoms with Crippen molar-refractivity contribution in [2.24, 2.45) is 33.7 Å². The number of amides is 4. The highest BCUT2D eigenvalue weighted by molar-refractivity contribution is 5.94. The van der Waals surface area contributed by atoms with Crippen LogP contribution in [0.3, 0.4) is 0 Å². The third-order valence-corrected chi connectivity index (χ3v) is 6.19. The molecule has 1 aromatic carbocycles. The molecule has 4 unspecified atom stereocenters. The van der Waals surface area contributed by atoms with Crippen LogP contribution in [-0.4, -0.2) is 83.0 Å². The molecule has 1 aromatic rings. The number of carboxylic acid groups (broad SMARTS) is 1. The lowest BCUT2D eigenvalue weighted by molar-refractivity contribution is -0.142. The number of nitrogens with two attached hydrogens (primary N) is 5. The first kappa shape index (κ1) is 35.6. The topological polar surface area (TPSA) is 304 Å². The average Bonchev–Trinajstić information content (AvgIpc) is 2.92. The maximum atomic E-state index is 13.2. The Morgan fingerprint density at radius 2 is 1.36 bits per heavy atom. The van der Waals surface area contributed by atoms with Gasteiger partial charge in [0.15, 0.2) is 5.96 Å². The van der Waals surface area contributed by atoms with Gasteiger partial charge in [-0.1, -0.05) is 18.6 Å². The van der Waals surface area contributed by atoms with E-state index in [9.17, 15) is 34.2 Å². The maximum Gasteiger partial charge on any atom is 0.326 e. The second-order valence-corrected chi connectivity index (χ2v) is 9.74. The molecule has 0 aliphatic carbocycles. The number of aliphatic carboxylic acids is 1. The Labute approximate surface area is 243 Å². The Bertz CT molecular complexity index is 1080. The van der Waals surface area contributed by atoms with Crippen molar-refractivity contribution in [3.63, 3.8) is 0 Å². The molecule has 0 aliphatic heterocycles. The fraction of sp³-hybridized carbons (Fsp3) is 0.538. The Kier molecular flexibility index (Phi) is 15.9. The van der Waals surface area contributed by atoms with E-state index in [0.717, 1.165) is 0 Å². The van der Waals surface area contributed by atoms with Gasteiger partial charge in [-0.15, -0.1) is 0 Å². The molecule has 0 heterocycles. The van der Waals surface area contributed by atoms with Crippen molar-refractivity contribution >= 4 is 35.6 Å². The summed E-state index contributed by atoms with van der Waals surface area (Å²) < 4.78 is 0. The van der Waals surface area contributed by atoms with Gasteiger partial charge in [-0.2, -0.15) is 0 Å². The summed E-state index contributed by atoms with van der Waals surface area (Å²) in [7, 11) is 0. The van der Waals surface area contributed by atoms with Crippen LogP contribution in [0, 0.1) is 0 Å². The van der Waals surface area contributed by atoms with E-state index in [2.05, 4.69) is 20.9 Å². The molecule has 15 N–H and O–H groups in total. The molecule has 0 saturated heterocycles. The molecule has 4 atom stereocenters. The SMILES string of the molecule is NCCCCC(N)C(=O)NC(CCC(N)=O)C(=O)NC(CCCN=C(N)N)C(=O)NC(Cc1ccc(O)cc1)C(=O)O. The number of aromatic hydroxyl groups is 1. The number of carboxylic acids is 1. The number of carbonyl (C=O) groups is 5. The summed E-state index contributed by atoms with van der Waals surface area (Å²) in [5.41, 5.74) is 27.8. The van der Waals surface area contributed by atoms with Crippen LogP contribution in [0.2, 0.25) is 0 Å². The molecule has 42 heavy (non-hydrogen) atoms. The minimum Gasteiger partial charge on any atom is -0.508 e. The van der Waals surface area contributed by atoms with E-state index in [4.69, 9.17) is 28.7 Å². The van der Waals surface area contributed by atoms with Gasteiger partial charge in [0.1, 0.15) is 23.9 Å². The minimum atomic E-state index is -1.36. The molecule has 0 saturated carbocycles. The second-order valence-electron chi connectivity index (χ2n) is 9.74. The monoisotopic (exact) mass is 593 g/mol. The molecule has 234 valence electrons. The van der Waals surface area contributed by atoms with Gasteiger partial charge in [0.05, 0.1) is 6.04 Å². The molecule has 0 bridgehead atoms. The van der Waals surface area contributed by atoms with Gasteiger partial charge in [-0.05, 0) is 56.3 Å². The molecule has 4 amide bonds. The largest absolute Gasteiger partial charge is 0.508 e. The minimum absolute atomic E-state index is 0.00675. The normalized spacial score (nSPS) is 13.6. The van der Waals surface area contributed by atoms with Crippen molar-refractivity contribution in [2.75, 3.05) is 13.1 Å². The number of benzene rings is 1. The number of nitrogens with one attached hydrogen (secondary N) is 3. The number of phenolic OH excluding ortho intramolecular Hbond substituents is 1. The van der Waals surface area contributed by atoms with Crippen molar-refractivity contribution in [3.05, 3.63) is 29.8 Å². The quantitative estimate of drug-likeness (QED) is 0.0419. The van der Waals surface area contributed by atoms with Crippen molar-refractivity contribution in [1.82, 2.24) is 16.0 Å². The van der Waals surface area contributed by atoms with Gasteiger partial charge >= 0.3 is 5.97 Å². The Morgan fingerprint density at radius 1 is 0.786 bits per heavy atom. The van der Waals surface area contributed by atoms with Crippen LogP contribution in [0.25, 0.3) is 0 Å². The highest BCUT2D eigenvalue weighted by Gasteiger charge is 2.30. The highest BCUT2D eigenvalue weighted by atomic mass is 16.4. The zero-order chi connectivity index (χ0) is 31.7. The van der Waals surface area contributed by atoms with E-state index in [0.29, 0.717) is 31.4 Å². The van der Waals surface area contributed by atoms with Crippen molar-refractivity contribution in [3.8, 4) is 5.75 Å². The molecule has 16 heteroatoms. The molecular weight excluding hydrogens is 550 g/mol. The van der Waals surface area contributed by atoms with E-state index < -0.39 is 53.8 Å². The number of unbranched alkanes of at least 4 members (excludes halogenated alkanes) is 1. The summed E-state index contributed by atoms with van der Waals surface area (Å²) in [6.07, 6.45) is 1.31. The lowest BCUT2D eigenvalue weighted by Gasteiger charge is -2.25. The summed E-state index contributed by atoms with van der Waals surface area (Å²) >= 11 is 0. The predicted molar refractivity (Wildman–Crippen MR) is 154 cm³/mol. The highest BCUT2D eigenvalue weighted by Crippen LogP contribution is 2.12. The molecule has 0 aliphatic rings. The van der Waals surface area contributed by atoms with Gasteiger partial charge in [0, 0.05) is 19.4 Å². The van der Waals surface area contributed by atoms with Gasteiger partial charge in [-0.3, -0.25) is 24.2 Å². The number of primary amides is 1. The Hall–Kier alpha value is -4.44. The zero-order valence-electron chi connectivity index (χ0n) is 23.5. The van der Waals surface area contributed by atoms with Crippen LogP contribution in [0.1, 0.15) is 50.5 Å². The summed E-state index contributed by atoms with van der Waals surface area (Å²) in [5, 5.41) is 26.6. The predicted octanol–water partition coefficient (Wildman–Crippen LogP) is -2.75. The van der Waals surface area contributed by atoms with E-state index in [1.54, 1.807) is 0 Å². The Balaban J connectivity index is 3.09. The lowest BCUT2D eigenvalue weighted by Crippen LogP contribution is -2.57. The average molecular weight is 594 g/mol. The summed E-state index contributed by atoms with van der Waals surface area (Å²) in [4.78, 5) is 66.3. The van der Waals surface area contributed by atoms with Gasteiger partial charge in [-0.25, -0.2) is 4.79 Å². The van der Waals surface area contributed by atoms with E-state index in [1.165, 1.54) is 24.3 Å². The molecule has 0 fully saturated rings. The number of nitrogens with zero attached hydrogens (tertiary/aromatic N) is 1. The molecule has 16 nitrogen and oxygen atoms in total. The smallest absolute Gasteiger partial charge is 0.326 e. The molecule has 0 radical (unpaired) electrons. The van der Waals surface area contributed by atoms with Crippen molar-refractivity contribution in [1.29, 1.82) is 0 Å². The fourth-order valence-corrected chi connectivity index (χ4v) is 3.86. The standard InChI is InChI=1S/C26H43N9O7/c27-12-2-1-4-17(28)22(38)33-19(10-11-21(29)37)24(40)34-18(5-3-13-32-26(30)31)23(39)35-20(25(41)42)14-15-6-8-16(36)9-7-15/h6-9,17-20,36H,1-5,10-14,27-28H2,(H2,29,37)(H,33,38)(H,34,40)(H,35,39)(H,41,42)(H4,30,31,32). The molecule has 0 spiro atoms. The lowest BCUT2D eigenvalue weighted by atomic mass is 10.0. The van der Waals surface area contributed by atoms with E-state index in [-0.39, 0.29) is 50.4 Å². The third-order valence-electron chi connectivity index (χ3n) is 6.19. The number of aliphatic imine (C=N–C) groups is 1. The number of hydrogen-bond acceptors (Lipinski definition) is 9. The molecule has 0 aromatic heterocycles. The van der Waals surface area contributed by atoms with Crippen LogP contribution >= 0.6 is 0 Å². The second kappa shape index (κ2) is 18.8. The third kappa shape index (κ3) is 14.3. The van der Waals surface area contributed by atoms with Crippen molar-refractivity contribution in [2.45, 2.75) is 75.5 Å². The van der Waals surface area contributed by atoms with Crippen molar-refractivity contribution < 1.29 is 34.2 Å². The van der Waals surface area contributed by atoms with Gasteiger partial charge in [0.25, 0.3) is 0 Å². The molecular formula is C26H43N9O7. The van der Waals surface area contributed by atoms with Crippen LogP contribution in [-0.2, 0) is 30.4 Å². The fourth-order valence-electron chi connectivity index (χ4n) is 3.86.